The van der Waals surface area contributed by atoms with Crippen molar-refractivity contribution in [2.45, 2.75) is 26.7 Å². The van der Waals surface area contributed by atoms with E-state index in [1.807, 2.05) is 27.1 Å². The van der Waals surface area contributed by atoms with E-state index in [4.69, 9.17) is 0 Å². The number of benzene rings is 1. The summed E-state index contributed by atoms with van der Waals surface area (Å²) in [6.07, 6.45) is 1.38. The van der Waals surface area contributed by atoms with E-state index in [-0.39, 0.29) is 5.91 Å². The monoisotopic (exact) mass is 331 g/mol. The van der Waals surface area contributed by atoms with Gasteiger partial charge in [0.2, 0.25) is 5.91 Å². The van der Waals surface area contributed by atoms with E-state index < -0.39 is 0 Å². The maximum absolute atomic E-state index is 12.1. The lowest BCUT2D eigenvalue weighted by Crippen LogP contribution is -2.28. The van der Waals surface area contributed by atoms with Gasteiger partial charge in [0.05, 0.1) is 12.1 Å². The predicted octanol–water partition coefficient (Wildman–Crippen LogP) is 3.04. The molecular formula is C18H25N3OS. The number of amides is 1. The van der Waals surface area contributed by atoms with E-state index in [1.54, 1.807) is 11.3 Å². The SMILES string of the molecule is Cc1cccc(-c2nc(C)c(CC(=O)NCCCN(C)C)s2)c1. The summed E-state index contributed by atoms with van der Waals surface area (Å²) in [5, 5.41) is 3.97. The van der Waals surface area contributed by atoms with Gasteiger partial charge in [-0.2, -0.15) is 0 Å². The van der Waals surface area contributed by atoms with Gasteiger partial charge in [-0.05, 0) is 47.0 Å². The average molecular weight is 331 g/mol. The summed E-state index contributed by atoms with van der Waals surface area (Å²) in [5.74, 6) is 0.0753. The Kier molecular flexibility index (Phi) is 6.30. The smallest absolute Gasteiger partial charge is 0.225 e. The van der Waals surface area contributed by atoms with Crippen LogP contribution in [0.25, 0.3) is 10.6 Å². The highest BCUT2D eigenvalue weighted by atomic mass is 32.1. The molecule has 2 aromatic rings. The molecule has 4 nitrogen and oxygen atoms in total. The van der Waals surface area contributed by atoms with Gasteiger partial charge in [-0.1, -0.05) is 23.8 Å². The second kappa shape index (κ2) is 8.22. The molecule has 0 unspecified atom stereocenters. The number of thiazole rings is 1. The molecule has 1 amide bonds. The van der Waals surface area contributed by atoms with Crippen LogP contribution in [-0.2, 0) is 11.2 Å². The third-order valence-electron chi connectivity index (χ3n) is 3.58. The zero-order chi connectivity index (χ0) is 16.8. The van der Waals surface area contributed by atoms with Crippen LogP contribution < -0.4 is 5.32 Å². The zero-order valence-electron chi connectivity index (χ0n) is 14.3. The third kappa shape index (κ3) is 5.44. The standard InChI is InChI=1S/C18H25N3OS/c1-13-7-5-8-15(11-13)18-20-14(2)16(23-18)12-17(22)19-9-6-10-21(3)4/h5,7-8,11H,6,9-10,12H2,1-4H3,(H,19,22). The Labute approximate surface area is 142 Å². The molecule has 1 aromatic carbocycles. The fourth-order valence-corrected chi connectivity index (χ4v) is 3.38. The first-order valence-corrected chi connectivity index (χ1v) is 8.72. The summed E-state index contributed by atoms with van der Waals surface area (Å²) in [6.45, 7) is 5.76. The molecule has 0 atom stereocenters. The van der Waals surface area contributed by atoms with Crippen molar-refractivity contribution in [2.75, 3.05) is 27.2 Å². The Bertz CT molecular complexity index is 664. The Hall–Kier alpha value is -1.72. The van der Waals surface area contributed by atoms with E-state index in [1.165, 1.54) is 5.56 Å². The van der Waals surface area contributed by atoms with Crippen molar-refractivity contribution < 1.29 is 4.79 Å². The Morgan fingerprint density at radius 2 is 2.09 bits per heavy atom. The van der Waals surface area contributed by atoms with Gasteiger partial charge in [0, 0.05) is 17.0 Å². The van der Waals surface area contributed by atoms with Gasteiger partial charge >= 0.3 is 0 Å². The molecular weight excluding hydrogens is 306 g/mol. The summed E-state index contributed by atoms with van der Waals surface area (Å²) in [5.41, 5.74) is 3.29. The van der Waals surface area contributed by atoms with E-state index in [0.717, 1.165) is 40.7 Å². The van der Waals surface area contributed by atoms with Gasteiger partial charge in [0.1, 0.15) is 5.01 Å². The number of carbonyl (C=O) groups excluding carboxylic acids is 1. The summed E-state index contributed by atoms with van der Waals surface area (Å²) >= 11 is 1.61. The topological polar surface area (TPSA) is 45.2 Å². The molecule has 0 aliphatic carbocycles. The molecule has 0 spiro atoms. The number of aryl methyl sites for hydroxylation is 2. The van der Waals surface area contributed by atoms with E-state index in [2.05, 4.69) is 40.3 Å². The van der Waals surface area contributed by atoms with Crippen LogP contribution >= 0.6 is 11.3 Å². The van der Waals surface area contributed by atoms with Crippen molar-refractivity contribution >= 4 is 17.2 Å². The molecule has 0 aliphatic heterocycles. The molecule has 0 saturated heterocycles. The number of carbonyl (C=O) groups is 1. The molecule has 1 N–H and O–H groups in total. The number of hydrogen-bond acceptors (Lipinski definition) is 4. The molecule has 2 rings (SSSR count). The van der Waals surface area contributed by atoms with E-state index >= 15 is 0 Å². The number of nitrogens with one attached hydrogen (secondary N) is 1. The Morgan fingerprint density at radius 1 is 1.30 bits per heavy atom. The molecule has 5 heteroatoms. The molecule has 0 bridgehead atoms. The average Bonchev–Trinajstić information content (AvgIpc) is 2.85. The molecule has 1 aromatic heterocycles. The van der Waals surface area contributed by atoms with Crippen molar-refractivity contribution in [1.82, 2.24) is 15.2 Å². The van der Waals surface area contributed by atoms with Crippen LogP contribution in [0, 0.1) is 13.8 Å². The lowest BCUT2D eigenvalue weighted by atomic mass is 10.1. The molecule has 124 valence electrons. The lowest BCUT2D eigenvalue weighted by Gasteiger charge is -2.09. The molecule has 0 aliphatic rings. The van der Waals surface area contributed by atoms with Crippen LogP contribution in [0.15, 0.2) is 24.3 Å². The van der Waals surface area contributed by atoms with Crippen molar-refractivity contribution in [1.29, 1.82) is 0 Å². The van der Waals surface area contributed by atoms with Gasteiger partial charge in [-0.3, -0.25) is 4.79 Å². The van der Waals surface area contributed by atoms with Crippen LogP contribution in [0.5, 0.6) is 0 Å². The van der Waals surface area contributed by atoms with Gasteiger partial charge in [0.15, 0.2) is 0 Å². The fraction of sp³-hybridized carbons (Fsp3) is 0.444. The van der Waals surface area contributed by atoms with E-state index in [0.29, 0.717) is 6.42 Å². The second-order valence-electron chi connectivity index (χ2n) is 6.08. The molecule has 0 radical (unpaired) electrons. The highest BCUT2D eigenvalue weighted by Crippen LogP contribution is 2.28. The minimum absolute atomic E-state index is 0.0753. The predicted molar refractivity (Wildman–Crippen MR) is 96.9 cm³/mol. The molecule has 23 heavy (non-hydrogen) atoms. The first-order valence-electron chi connectivity index (χ1n) is 7.90. The largest absolute Gasteiger partial charge is 0.356 e. The normalized spacial score (nSPS) is 11.0. The maximum Gasteiger partial charge on any atom is 0.225 e. The number of rotatable bonds is 7. The number of nitrogens with zero attached hydrogens (tertiary/aromatic N) is 2. The van der Waals surface area contributed by atoms with Crippen molar-refractivity contribution in [3.63, 3.8) is 0 Å². The molecule has 1 heterocycles. The van der Waals surface area contributed by atoms with Crippen LogP contribution in [0.4, 0.5) is 0 Å². The summed E-state index contributed by atoms with van der Waals surface area (Å²) < 4.78 is 0. The van der Waals surface area contributed by atoms with Gasteiger partial charge < -0.3 is 10.2 Å². The first-order chi connectivity index (χ1) is 11.0. The lowest BCUT2D eigenvalue weighted by molar-refractivity contribution is -0.120. The number of hydrogen-bond donors (Lipinski definition) is 1. The summed E-state index contributed by atoms with van der Waals surface area (Å²) in [7, 11) is 4.07. The van der Waals surface area contributed by atoms with Crippen molar-refractivity contribution in [3.05, 3.63) is 40.4 Å². The summed E-state index contributed by atoms with van der Waals surface area (Å²) in [6, 6.07) is 8.31. The highest BCUT2D eigenvalue weighted by molar-refractivity contribution is 7.15. The fourth-order valence-electron chi connectivity index (χ4n) is 2.33. The Balaban J connectivity index is 1.95. The first kappa shape index (κ1) is 17.6. The van der Waals surface area contributed by atoms with Crippen LogP contribution in [0.1, 0.15) is 22.6 Å². The highest BCUT2D eigenvalue weighted by Gasteiger charge is 2.12. The van der Waals surface area contributed by atoms with Gasteiger partial charge in [0.25, 0.3) is 0 Å². The molecule has 0 saturated carbocycles. The van der Waals surface area contributed by atoms with Crippen LogP contribution in [-0.4, -0.2) is 43.0 Å². The van der Waals surface area contributed by atoms with E-state index in [9.17, 15) is 4.79 Å². The van der Waals surface area contributed by atoms with Gasteiger partial charge in [-0.25, -0.2) is 4.98 Å². The van der Waals surface area contributed by atoms with Crippen LogP contribution in [0.2, 0.25) is 0 Å². The van der Waals surface area contributed by atoms with Crippen molar-refractivity contribution in [3.8, 4) is 10.6 Å². The molecule has 0 fully saturated rings. The maximum atomic E-state index is 12.1. The zero-order valence-corrected chi connectivity index (χ0v) is 15.2. The van der Waals surface area contributed by atoms with Crippen LogP contribution in [0.3, 0.4) is 0 Å². The summed E-state index contributed by atoms with van der Waals surface area (Å²) in [4.78, 5) is 19.9. The Morgan fingerprint density at radius 3 is 2.78 bits per heavy atom. The second-order valence-corrected chi connectivity index (χ2v) is 7.16. The minimum Gasteiger partial charge on any atom is -0.356 e. The van der Waals surface area contributed by atoms with Gasteiger partial charge in [-0.15, -0.1) is 11.3 Å². The van der Waals surface area contributed by atoms with Crippen molar-refractivity contribution in [2.24, 2.45) is 0 Å². The third-order valence-corrected chi connectivity index (χ3v) is 4.79. The quantitative estimate of drug-likeness (QED) is 0.793. The minimum atomic E-state index is 0.0753. The number of aromatic nitrogens is 1.